The molecule has 0 aliphatic carbocycles. The molecule has 1 aliphatic rings. The van der Waals surface area contributed by atoms with Crippen LogP contribution in [0, 0.1) is 6.92 Å². The van der Waals surface area contributed by atoms with E-state index in [4.69, 9.17) is 14.0 Å². The molecule has 1 saturated heterocycles. The fourth-order valence-corrected chi connectivity index (χ4v) is 3.36. The average molecular weight is 343 g/mol. The van der Waals surface area contributed by atoms with E-state index in [0.717, 1.165) is 22.0 Å². The SMILES string of the molecule is COC(=O)CC(B1OC(C)(C)C(C)(C)O1)c1c[nH]c2cccc(C)c12. The molecule has 1 N–H and O–H groups in total. The molecule has 1 atom stereocenters. The number of ether oxygens (including phenoxy) is 1. The first-order valence-electron chi connectivity index (χ1n) is 8.65. The van der Waals surface area contributed by atoms with Gasteiger partial charge < -0.3 is 19.0 Å². The summed E-state index contributed by atoms with van der Waals surface area (Å²) in [6.45, 7) is 10.1. The molecule has 1 aromatic carbocycles. The Kier molecular flexibility index (Phi) is 4.46. The first kappa shape index (κ1) is 18.0. The van der Waals surface area contributed by atoms with Crippen LogP contribution in [-0.4, -0.2) is 36.4 Å². The van der Waals surface area contributed by atoms with Crippen LogP contribution in [0.5, 0.6) is 0 Å². The second kappa shape index (κ2) is 6.18. The molecule has 0 saturated carbocycles. The Labute approximate surface area is 149 Å². The van der Waals surface area contributed by atoms with Gasteiger partial charge in [0.25, 0.3) is 0 Å². The van der Waals surface area contributed by atoms with Gasteiger partial charge in [-0.3, -0.25) is 4.79 Å². The van der Waals surface area contributed by atoms with Gasteiger partial charge in [0.05, 0.1) is 24.7 Å². The molecule has 5 nitrogen and oxygen atoms in total. The molecule has 1 unspecified atom stereocenters. The van der Waals surface area contributed by atoms with Crippen LogP contribution in [0.15, 0.2) is 24.4 Å². The summed E-state index contributed by atoms with van der Waals surface area (Å²) in [7, 11) is 0.895. The number of aromatic amines is 1. The minimum atomic E-state index is -0.511. The maximum atomic E-state index is 12.1. The largest absolute Gasteiger partial charge is 0.469 e. The van der Waals surface area contributed by atoms with E-state index in [9.17, 15) is 4.79 Å². The van der Waals surface area contributed by atoms with Gasteiger partial charge in [-0.15, -0.1) is 0 Å². The zero-order valence-corrected chi connectivity index (χ0v) is 15.8. The zero-order valence-electron chi connectivity index (χ0n) is 15.8. The van der Waals surface area contributed by atoms with Crippen molar-refractivity contribution in [3.8, 4) is 0 Å². The van der Waals surface area contributed by atoms with Crippen molar-refractivity contribution < 1.29 is 18.8 Å². The maximum absolute atomic E-state index is 12.1. The Morgan fingerprint density at radius 1 is 1.24 bits per heavy atom. The van der Waals surface area contributed by atoms with Gasteiger partial charge in [-0.05, 0) is 51.8 Å². The highest BCUT2D eigenvalue weighted by molar-refractivity contribution is 6.48. The minimum Gasteiger partial charge on any atom is -0.469 e. The topological polar surface area (TPSA) is 60.6 Å². The first-order valence-corrected chi connectivity index (χ1v) is 8.65. The molecular formula is C19H26BNO4. The summed E-state index contributed by atoms with van der Waals surface area (Å²) in [6.07, 6.45) is 2.16. The molecule has 0 radical (unpaired) electrons. The molecule has 134 valence electrons. The van der Waals surface area contributed by atoms with E-state index >= 15 is 0 Å². The number of aromatic nitrogens is 1. The van der Waals surface area contributed by atoms with Gasteiger partial charge >= 0.3 is 13.1 Å². The molecule has 0 spiro atoms. The Balaban J connectivity index is 2.05. The first-order chi connectivity index (χ1) is 11.7. The van der Waals surface area contributed by atoms with Gasteiger partial charge in [-0.2, -0.15) is 0 Å². The molecule has 1 fully saturated rings. The number of carbonyl (C=O) groups is 1. The summed E-state index contributed by atoms with van der Waals surface area (Å²) in [5, 5.41) is 1.12. The molecule has 1 aliphatic heterocycles. The number of fused-ring (bicyclic) bond motifs is 1. The average Bonchev–Trinajstić information content (AvgIpc) is 3.04. The summed E-state index contributed by atoms with van der Waals surface area (Å²) >= 11 is 0. The third-order valence-electron chi connectivity index (χ3n) is 5.56. The van der Waals surface area contributed by atoms with Gasteiger partial charge in [0.1, 0.15) is 0 Å². The number of hydrogen-bond acceptors (Lipinski definition) is 4. The molecule has 6 heteroatoms. The number of H-pyrrole nitrogens is 1. The van der Waals surface area contributed by atoms with E-state index in [-0.39, 0.29) is 18.2 Å². The standard InChI is InChI=1S/C19H26BNO4/c1-12-8-7-9-15-17(12)13(11-21-15)14(10-16(22)23-6)20-24-18(2,3)19(4,5)25-20/h7-9,11,14,21H,10H2,1-6H3. The Morgan fingerprint density at radius 3 is 2.48 bits per heavy atom. The van der Waals surface area contributed by atoms with E-state index in [1.165, 1.54) is 7.11 Å². The maximum Gasteiger partial charge on any atom is 0.466 e. The third-order valence-corrected chi connectivity index (χ3v) is 5.56. The van der Waals surface area contributed by atoms with Crippen LogP contribution in [0.4, 0.5) is 0 Å². The number of hydrogen-bond donors (Lipinski definition) is 1. The van der Waals surface area contributed by atoms with Crippen LogP contribution in [-0.2, 0) is 18.8 Å². The highest BCUT2D eigenvalue weighted by atomic mass is 16.7. The van der Waals surface area contributed by atoms with Crippen molar-refractivity contribution in [3.05, 3.63) is 35.5 Å². The quantitative estimate of drug-likeness (QED) is 0.678. The van der Waals surface area contributed by atoms with Crippen molar-refractivity contribution in [1.29, 1.82) is 0 Å². The third kappa shape index (κ3) is 3.09. The predicted octanol–water partition coefficient (Wildman–Crippen LogP) is 3.75. The van der Waals surface area contributed by atoms with E-state index in [2.05, 4.69) is 18.0 Å². The van der Waals surface area contributed by atoms with Crippen molar-refractivity contribution in [3.63, 3.8) is 0 Å². The van der Waals surface area contributed by atoms with Gasteiger partial charge in [-0.1, -0.05) is 12.1 Å². The Morgan fingerprint density at radius 2 is 1.88 bits per heavy atom. The fourth-order valence-electron chi connectivity index (χ4n) is 3.36. The number of benzene rings is 1. The van der Waals surface area contributed by atoms with Crippen molar-refractivity contribution in [2.75, 3.05) is 7.11 Å². The molecular weight excluding hydrogens is 317 g/mol. The lowest BCUT2D eigenvalue weighted by Gasteiger charge is -2.32. The summed E-state index contributed by atoms with van der Waals surface area (Å²) in [5.74, 6) is -0.522. The lowest BCUT2D eigenvalue weighted by Crippen LogP contribution is -2.41. The van der Waals surface area contributed by atoms with Gasteiger partial charge in [0.15, 0.2) is 0 Å². The van der Waals surface area contributed by atoms with E-state index < -0.39 is 18.3 Å². The summed E-state index contributed by atoms with van der Waals surface area (Å²) < 4.78 is 17.4. The van der Waals surface area contributed by atoms with Crippen LogP contribution < -0.4 is 0 Å². The predicted molar refractivity (Wildman–Crippen MR) is 98.5 cm³/mol. The monoisotopic (exact) mass is 343 g/mol. The smallest absolute Gasteiger partial charge is 0.466 e. The van der Waals surface area contributed by atoms with Crippen LogP contribution in [0.2, 0.25) is 0 Å². The van der Waals surface area contributed by atoms with Crippen molar-refractivity contribution in [2.24, 2.45) is 0 Å². The van der Waals surface area contributed by atoms with Crippen molar-refractivity contribution in [2.45, 2.75) is 58.1 Å². The number of esters is 1. The minimum absolute atomic E-state index is 0.203. The number of methoxy groups -OCH3 is 1. The van der Waals surface area contributed by atoms with Crippen molar-refractivity contribution >= 4 is 24.0 Å². The Hall–Kier alpha value is -1.79. The zero-order chi connectivity index (χ0) is 18.4. The lowest BCUT2D eigenvalue weighted by atomic mass is 9.66. The van der Waals surface area contributed by atoms with Crippen LogP contribution >= 0.6 is 0 Å². The van der Waals surface area contributed by atoms with Gasteiger partial charge in [-0.25, -0.2) is 0 Å². The second-order valence-electron chi connectivity index (χ2n) is 7.75. The molecule has 1 aromatic heterocycles. The summed E-state index contributed by atoms with van der Waals surface area (Å²) in [5.41, 5.74) is 2.32. The number of carbonyl (C=O) groups excluding carboxylic acids is 1. The lowest BCUT2D eigenvalue weighted by molar-refractivity contribution is -0.140. The second-order valence-corrected chi connectivity index (χ2v) is 7.75. The van der Waals surface area contributed by atoms with Gasteiger partial charge in [0, 0.05) is 22.9 Å². The van der Waals surface area contributed by atoms with Crippen molar-refractivity contribution in [1.82, 2.24) is 4.98 Å². The molecule has 0 bridgehead atoms. The molecule has 3 rings (SSSR count). The van der Waals surface area contributed by atoms with Gasteiger partial charge in [0.2, 0.25) is 0 Å². The van der Waals surface area contributed by atoms with E-state index in [0.29, 0.717) is 0 Å². The summed E-state index contributed by atoms with van der Waals surface area (Å²) in [4.78, 5) is 15.4. The number of aryl methyl sites for hydroxylation is 1. The van der Waals surface area contributed by atoms with E-state index in [1.54, 1.807) is 0 Å². The van der Waals surface area contributed by atoms with Crippen LogP contribution in [0.25, 0.3) is 10.9 Å². The molecule has 2 aromatic rings. The number of rotatable bonds is 4. The highest BCUT2D eigenvalue weighted by Gasteiger charge is 2.54. The normalized spacial score (nSPS) is 20.0. The molecule has 2 heterocycles. The number of nitrogens with one attached hydrogen (secondary N) is 1. The van der Waals surface area contributed by atoms with Crippen LogP contribution in [0.1, 0.15) is 51.1 Å². The molecule has 25 heavy (non-hydrogen) atoms. The Bertz CT molecular complexity index is 780. The highest BCUT2D eigenvalue weighted by Crippen LogP contribution is 2.43. The summed E-state index contributed by atoms with van der Waals surface area (Å²) in [6, 6.07) is 6.12. The fraction of sp³-hybridized carbons (Fsp3) is 0.526. The van der Waals surface area contributed by atoms with E-state index in [1.807, 2.05) is 46.0 Å². The molecule has 0 amide bonds. The van der Waals surface area contributed by atoms with Crippen LogP contribution in [0.3, 0.4) is 0 Å².